The van der Waals surface area contributed by atoms with E-state index in [-0.39, 0.29) is 23.8 Å². The van der Waals surface area contributed by atoms with E-state index in [0.717, 1.165) is 6.26 Å². The maximum atomic E-state index is 10.5. The van der Waals surface area contributed by atoms with Crippen LogP contribution in [0.1, 0.15) is 37.2 Å². The highest BCUT2D eigenvalue weighted by molar-refractivity contribution is 5.84. The number of carbonyl (C=O) groups is 1. The predicted molar refractivity (Wildman–Crippen MR) is 48.0 cm³/mol. The van der Waals surface area contributed by atoms with Crippen molar-refractivity contribution in [3.05, 3.63) is 17.8 Å². The number of carboxylic acid groups (broad SMARTS) is 1. The molecule has 0 saturated heterocycles. The third kappa shape index (κ3) is 3.18. The molecule has 0 aliphatic rings. The molecule has 5 nitrogen and oxygen atoms in total. The highest BCUT2D eigenvalue weighted by atomic mass is 16.5. The van der Waals surface area contributed by atoms with Crippen LogP contribution in [0.4, 0.5) is 0 Å². The summed E-state index contributed by atoms with van der Waals surface area (Å²) in [5.74, 6) is -0.826. The highest BCUT2D eigenvalue weighted by Gasteiger charge is 2.14. The van der Waals surface area contributed by atoms with Gasteiger partial charge in [-0.2, -0.15) is 0 Å². The fourth-order valence-corrected chi connectivity index (χ4v) is 0.754. The topological polar surface area (TPSA) is 72.6 Å². The van der Waals surface area contributed by atoms with Gasteiger partial charge in [-0.05, 0) is 20.8 Å². The summed E-state index contributed by atoms with van der Waals surface area (Å²) in [6, 6.07) is 0. The average molecular weight is 199 g/mol. The molecule has 0 unspecified atom stereocenters. The van der Waals surface area contributed by atoms with Gasteiger partial charge in [-0.3, -0.25) is 0 Å². The van der Waals surface area contributed by atoms with E-state index in [9.17, 15) is 4.79 Å². The number of carboxylic acids is 1. The molecular weight excluding hydrogens is 186 g/mol. The predicted octanol–water partition coefficient (Wildman–Crippen LogP) is 1.69. The summed E-state index contributed by atoms with van der Waals surface area (Å²) < 4.78 is 10.3. The summed E-state index contributed by atoms with van der Waals surface area (Å²) in [6.45, 7) is 5.87. The van der Waals surface area contributed by atoms with E-state index in [1.165, 1.54) is 0 Å². The maximum absolute atomic E-state index is 10.5. The first-order valence-corrected chi connectivity index (χ1v) is 4.20. The molecule has 0 bridgehead atoms. The van der Waals surface area contributed by atoms with E-state index < -0.39 is 5.97 Å². The van der Waals surface area contributed by atoms with E-state index >= 15 is 0 Å². The van der Waals surface area contributed by atoms with Crippen LogP contribution in [0.3, 0.4) is 0 Å². The molecule has 0 aliphatic heterocycles. The first kappa shape index (κ1) is 10.7. The molecule has 0 spiro atoms. The molecule has 0 radical (unpaired) electrons. The second kappa shape index (κ2) is 3.79. The normalized spacial score (nSPS) is 11.6. The molecule has 1 rings (SSSR count). The summed E-state index contributed by atoms with van der Waals surface area (Å²) in [6.07, 6.45) is 1.10. The molecule has 1 N–H and O–H groups in total. The van der Waals surface area contributed by atoms with Crippen molar-refractivity contribution >= 4 is 5.97 Å². The lowest BCUT2D eigenvalue weighted by molar-refractivity contribution is -0.0243. The van der Waals surface area contributed by atoms with Crippen molar-refractivity contribution in [3.8, 4) is 0 Å². The lowest BCUT2D eigenvalue weighted by Crippen LogP contribution is -2.18. The molecule has 78 valence electrons. The van der Waals surface area contributed by atoms with Crippen LogP contribution in [0.5, 0.6) is 0 Å². The Balaban J connectivity index is 2.56. The van der Waals surface area contributed by atoms with E-state index in [2.05, 4.69) is 4.98 Å². The molecule has 0 amide bonds. The minimum absolute atomic E-state index is 0.0995. The van der Waals surface area contributed by atoms with Crippen molar-refractivity contribution in [3.63, 3.8) is 0 Å². The zero-order chi connectivity index (χ0) is 10.8. The van der Waals surface area contributed by atoms with Crippen LogP contribution in [0.15, 0.2) is 10.7 Å². The standard InChI is InChI=1S/C9H13NO4/c1-9(2,3)14-5-7-10-6(4-13-7)8(11)12/h4H,5H2,1-3H3,(H,11,12). The van der Waals surface area contributed by atoms with Gasteiger partial charge in [0.1, 0.15) is 12.9 Å². The van der Waals surface area contributed by atoms with Crippen LogP contribution in [-0.2, 0) is 11.3 Å². The number of ether oxygens (including phenoxy) is 1. The second-order valence-corrected chi connectivity index (χ2v) is 3.83. The minimum Gasteiger partial charge on any atom is -0.476 e. The Morgan fingerprint density at radius 1 is 1.64 bits per heavy atom. The van der Waals surface area contributed by atoms with Crippen LogP contribution < -0.4 is 0 Å². The zero-order valence-electron chi connectivity index (χ0n) is 8.40. The summed E-state index contributed by atoms with van der Waals surface area (Å²) in [5, 5.41) is 8.56. The van der Waals surface area contributed by atoms with Gasteiger partial charge in [0.25, 0.3) is 0 Å². The Labute approximate surface area is 81.7 Å². The Morgan fingerprint density at radius 2 is 2.29 bits per heavy atom. The fraction of sp³-hybridized carbons (Fsp3) is 0.556. The SMILES string of the molecule is CC(C)(C)OCc1nc(C(=O)O)co1. The molecule has 0 fully saturated rings. The van der Waals surface area contributed by atoms with Gasteiger partial charge in [-0.25, -0.2) is 9.78 Å². The van der Waals surface area contributed by atoms with E-state index in [1.807, 2.05) is 20.8 Å². The molecule has 0 saturated carbocycles. The number of hydrogen-bond donors (Lipinski definition) is 1. The van der Waals surface area contributed by atoms with Crippen LogP contribution in [-0.4, -0.2) is 21.7 Å². The van der Waals surface area contributed by atoms with Gasteiger partial charge in [-0.15, -0.1) is 0 Å². The van der Waals surface area contributed by atoms with Crippen molar-refractivity contribution in [1.82, 2.24) is 4.98 Å². The van der Waals surface area contributed by atoms with E-state index in [4.69, 9.17) is 14.3 Å². The molecule has 14 heavy (non-hydrogen) atoms. The number of nitrogens with zero attached hydrogens (tertiary/aromatic N) is 1. The van der Waals surface area contributed by atoms with E-state index in [1.54, 1.807) is 0 Å². The molecule has 1 aromatic rings. The molecule has 0 aromatic carbocycles. The Kier molecular flexibility index (Phi) is 2.90. The quantitative estimate of drug-likeness (QED) is 0.801. The summed E-state index contributed by atoms with van der Waals surface area (Å²) in [4.78, 5) is 14.2. The van der Waals surface area contributed by atoms with E-state index in [0.29, 0.717) is 0 Å². The summed E-state index contributed by atoms with van der Waals surface area (Å²) in [7, 11) is 0. The van der Waals surface area contributed by atoms with Gasteiger partial charge in [0.2, 0.25) is 5.89 Å². The van der Waals surface area contributed by atoms with Gasteiger partial charge >= 0.3 is 5.97 Å². The van der Waals surface area contributed by atoms with Crippen LogP contribution in [0.2, 0.25) is 0 Å². The third-order valence-electron chi connectivity index (χ3n) is 1.40. The lowest BCUT2D eigenvalue weighted by atomic mass is 10.2. The average Bonchev–Trinajstić information content (AvgIpc) is 2.47. The molecule has 0 aliphatic carbocycles. The van der Waals surface area contributed by atoms with Gasteiger partial charge in [0, 0.05) is 0 Å². The molecule has 1 heterocycles. The van der Waals surface area contributed by atoms with Gasteiger partial charge in [0.15, 0.2) is 5.69 Å². The largest absolute Gasteiger partial charge is 0.476 e. The smallest absolute Gasteiger partial charge is 0.357 e. The Hall–Kier alpha value is -1.36. The van der Waals surface area contributed by atoms with Crippen LogP contribution in [0.25, 0.3) is 0 Å². The number of aromatic nitrogens is 1. The molecule has 0 atom stereocenters. The number of rotatable bonds is 3. The van der Waals surface area contributed by atoms with Crippen molar-refractivity contribution in [2.45, 2.75) is 33.0 Å². The minimum atomic E-state index is -1.10. The van der Waals surface area contributed by atoms with Crippen molar-refractivity contribution in [1.29, 1.82) is 0 Å². The second-order valence-electron chi connectivity index (χ2n) is 3.83. The zero-order valence-corrected chi connectivity index (χ0v) is 8.40. The summed E-state index contributed by atoms with van der Waals surface area (Å²) >= 11 is 0. The molecule has 1 aromatic heterocycles. The van der Waals surface area contributed by atoms with Crippen molar-refractivity contribution < 1.29 is 19.1 Å². The summed E-state index contributed by atoms with van der Waals surface area (Å²) in [5.41, 5.74) is -0.393. The fourth-order valence-electron chi connectivity index (χ4n) is 0.754. The Morgan fingerprint density at radius 3 is 2.71 bits per heavy atom. The van der Waals surface area contributed by atoms with Crippen LogP contribution >= 0.6 is 0 Å². The van der Waals surface area contributed by atoms with Gasteiger partial charge in [-0.1, -0.05) is 0 Å². The van der Waals surface area contributed by atoms with Crippen molar-refractivity contribution in [2.75, 3.05) is 0 Å². The number of hydrogen-bond acceptors (Lipinski definition) is 4. The lowest BCUT2D eigenvalue weighted by Gasteiger charge is -2.17. The first-order valence-electron chi connectivity index (χ1n) is 4.20. The third-order valence-corrected chi connectivity index (χ3v) is 1.40. The van der Waals surface area contributed by atoms with Crippen molar-refractivity contribution in [2.24, 2.45) is 0 Å². The first-order chi connectivity index (χ1) is 6.38. The van der Waals surface area contributed by atoms with Gasteiger partial charge in [0.05, 0.1) is 5.60 Å². The number of aromatic carboxylic acids is 1. The molecule has 5 heteroatoms. The maximum Gasteiger partial charge on any atom is 0.357 e. The van der Waals surface area contributed by atoms with Crippen LogP contribution in [0, 0.1) is 0 Å². The monoisotopic (exact) mass is 199 g/mol. The highest BCUT2D eigenvalue weighted by Crippen LogP contribution is 2.11. The Bertz CT molecular complexity index is 324. The number of oxazole rings is 1. The van der Waals surface area contributed by atoms with Gasteiger partial charge < -0.3 is 14.3 Å². The molecular formula is C9H13NO4.